The number of aliphatic hydroxyl groups is 1. The van der Waals surface area contributed by atoms with E-state index in [1.165, 1.54) is 6.33 Å². The lowest BCUT2D eigenvalue weighted by Gasteiger charge is -2.44. The average molecular weight is 373 g/mol. The molecule has 1 fully saturated rings. The fourth-order valence-corrected chi connectivity index (χ4v) is 3.88. The molecule has 0 spiro atoms. The summed E-state index contributed by atoms with van der Waals surface area (Å²) in [5, 5.41) is 9.47. The number of aliphatic hydroxyl groups excluding tert-OH is 1. The van der Waals surface area contributed by atoms with Gasteiger partial charge in [-0.05, 0) is 19.3 Å². The average Bonchev–Trinajstić information content (AvgIpc) is 2.90. The Morgan fingerprint density at radius 3 is 2.96 bits per heavy atom. The third-order valence-corrected chi connectivity index (χ3v) is 5.47. The second-order valence-corrected chi connectivity index (χ2v) is 7.32. The zero-order valence-electron chi connectivity index (χ0n) is 13.5. The minimum atomic E-state index is -4.13. The molecule has 1 saturated carbocycles. The molecular formula is C13H20N5O6P. The van der Waals surface area contributed by atoms with Gasteiger partial charge in [0, 0.05) is 18.6 Å². The van der Waals surface area contributed by atoms with Crippen molar-refractivity contribution in [3.63, 3.8) is 0 Å². The van der Waals surface area contributed by atoms with E-state index in [0.29, 0.717) is 12.1 Å². The molecule has 0 bridgehead atoms. The lowest BCUT2D eigenvalue weighted by Crippen LogP contribution is -2.43. The number of phosphoric acid groups is 1. The molecular weight excluding hydrogens is 353 g/mol. The monoisotopic (exact) mass is 373 g/mol. The van der Waals surface area contributed by atoms with E-state index in [9.17, 15) is 19.4 Å². The maximum atomic E-state index is 11.9. The highest BCUT2D eigenvalue weighted by Gasteiger charge is 2.43. The summed E-state index contributed by atoms with van der Waals surface area (Å²) in [6.07, 6.45) is 2.06. The summed E-state index contributed by atoms with van der Waals surface area (Å²) >= 11 is 0. The maximum Gasteiger partial charge on any atom is 0.472 e. The highest BCUT2D eigenvalue weighted by Crippen LogP contribution is 2.49. The number of nitrogens with two attached hydrogens (primary N) is 1. The second-order valence-electron chi connectivity index (χ2n) is 5.87. The van der Waals surface area contributed by atoms with Crippen LogP contribution in [0.3, 0.4) is 0 Å². The van der Waals surface area contributed by atoms with Crippen molar-refractivity contribution in [3.8, 4) is 0 Å². The first-order chi connectivity index (χ1) is 11.9. The number of phosphoric ester groups is 1. The van der Waals surface area contributed by atoms with Gasteiger partial charge in [-0.15, -0.1) is 0 Å². The van der Waals surface area contributed by atoms with Crippen molar-refractivity contribution in [2.45, 2.75) is 19.4 Å². The van der Waals surface area contributed by atoms with Gasteiger partial charge in [0.05, 0.1) is 19.5 Å². The predicted molar refractivity (Wildman–Crippen MR) is 87.7 cm³/mol. The zero-order chi connectivity index (χ0) is 18.2. The Bertz CT molecular complexity index is 866. The standard InChI is InChI=1S/C13H20N5O6P/c1-2-23-25(21,22)24-5-8-7(4-19)3-9(8)18-6-15-10-11(18)16-13(14)17-12(10)20/h6-9,19H,2-5H2,1H3,(H,21,22)(H3,14,16,17,20)/t7-,8-,9-/m1/s1. The van der Waals surface area contributed by atoms with E-state index in [1.807, 2.05) is 0 Å². The Morgan fingerprint density at radius 2 is 2.28 bits per heavy atom. The normalized spacial score (nSPS) is 25.6. The smallest absolute Gasteiger partial charge is 0.396 e. The number of nitrogen functional groups attached to an aromatic ring is 1. The molecule has 2 heterocycles. The van der Waals surface area contributed by atoms with Crippen molar-refractivity contribution in [3.05, 3.63) is 16.7 Å². The number of anilines is 1. The van der Waals surface area contributed by atoms with Crippen LogP contribution in [0, 0.1) is 11.8 Å². The van der Waals surface area contributed by atoms with Crippen LogP contribution in [0.15, 0.2) is 11.1 Å². The minimum Gasteiger partial charge on any atom is -0.396 e. The molecule has 3 rings (SSSR count). The van der Waals surface area contributed by atoms with Crippen molar-refractivity contribution >= 4 is 24.9 Å². The fraction of sp³-hybridized carbons (Fsp3) is 0.615. The molecule has 4 atom stereocenters. The van der Waals surface area contributed by atoms with E-state index in [1.54, 1.807) is 11.5 Å². The largest absolute Gasteiger partial charge is 0.472 e. The third-order valence-electron chi connectivity index (χ3n) is 4.41. The lowest BCUT2D eigenvalue weighted by atomic mass is 9.70. The summed E-state index contributed by atoms with van der Waals surface area (Å²) in [6.45, 7) is 1.46. The van der Waals surface area contributed by atoms with Gasteiger partial charge in [-0.1, -0.05) is 0 Å². The summed E-state index contributed by atoms with van der Waals surface area (Å²) in [5.41, 5.74) is 5.63. The van der Waals surface area contributed by atoms with Gasteiger partial charge in [-0.25, -0.2) is 9.55 Å². The Hall–Kier alpha value is -1.78. The topological polar surface area (TPSA) is 166 Å². The first-order valence-corrected chi connectivity index (χ1v) is 9.31. The Kier molecular flexibility index (Phi) is 4.94. The van der Waals surface area contributed by atoms with Crippen LogP contribution in [0.5, 0.6) is 0 Å². The molecule has 138 valence electrons. The van der Waals surface area contributed by atoms with Gasteiger partial charge >= 0.3 is 7.82 Å². The van der Waals surface area contributed by atoms with Crippen LogP contribution in [0.1, 0.15) is 19.4 Å². The van der Waals surface area contributed by atoms with Crippen LogP contribution >= 0.6 is 7.82 Å². The molecule has 1 unspecified atom stereocenters. The summed E-state index contributed by atoms with van der Waals surface area (Å²) in [7, 11) is -4.13. The molecule has 0 aromatic carbocycles. The molecule has 2 aromatic rings. The van der Waals surface area contributed by atoms with Crippen LogP contribution in [0.4, 0.5) is 5.95 Å². The maximum absolute atomic E-state index is 11.9. The van der Waals surface area contributed by atoms with Crippen LogP contribution < -0.4 is 11.3 Å². The first kappa shape index (κ1) is 18.0. The van der Waals surface area contributed by atoms with E-state index in [4.69, 9.17) is 10.3 Å². The van der Waals surface area contributed by atoms with Gasteiger partial charge in [0.25, 0.3) is 5.56 Å². The number of fused-ring (bicyclic) bond motifs is 1. The van der Waals surface area contributed by atoms with E-state index in [2.05, 4.69) is 19.5 Å². The second kappa shape index (κ2) is 6.85. The van der Waals surface area contributed by atoms with Gasteiger partial charge in [0.2, 0.25) is 5.95 Å². The van der Waals surface area contributed by atoms with E-state index in [-0.39, 0.29) is 49.2 Å². The molecule has 11 nitrogen and oxygen atoms in total. The molecule has 1 aliphatic rings. The van der Waals surface area contributed by atoms with Crippen molar-refractivity contribution in [1.29, 1.82) is 0 Å². The van der Waals surface area contributed by atoms with E-state index < -0.39 is 13.4 Å². The van der Waals surface area contributed by atoms with Gasteiger partial charge in [0.15, 0.2) is 11.2 Å². The molecule has 0 saturated heterocycles. The lowest BCUT2D eigenvalue weighted by molar-refractivity contribution is -0.00785. The van der Waals surface area contributed by atoms with Crippen LogP contribution in [-0.2, 0) is 13.6 Å². The summed E-state index contributed by atoms with van der Waals surface area (Å²) in [6, 6.07) is -0.197. The quantitative estimate of drug-likeness (QED) is 0.489. The number of aromatic amines is 1. The summed E-state index contributed by atoms with van der Waals surface area (Å²) in [5.74, 6) is -0.393. The Labute approximate surface area is 142 Å². The number of nitrogens with zero attached hydrogens (tertiary/aromatic N) is 3. The highest BCUT2D eigenvalue weighted by molar-refractivity contribution is 7.47. The number of hydrogen-bond acceptors (Lipinski definition) is 8. The van der Waals surface area contributed by atoms with Crippen molar-refractivity contribution in [2.75, 3.05) is 25.6 Å². The third kappa shape index (κ3) is 3.46. The minimum absolute atomic E-state index is 0.0266. The summed E-state index contributed by atoms with van der Waals surface area (Å²) in [4.78, 5) is 32.0. The van der Waals surface area contributed by atoms with Crippen molar-refractivity contribution in [2.24, 2.45) is 11.8 Å². The van der Waals surface area contributed by atoms with Gasteiger partial charge in [0.1, 0.15) is 0 Å². The van der Waals surface area contributed by atoms with Gasteiger partial charge < -0.3 is 20.3 Å². The van der Waals surface area contributed by atoms with Gasteiger partial charge in [-0.2, -0.15) is 4.98 Å². The number of aromatic nitrogens is 4. The molecule has 1 aliphatic carbocycles. The van der Waals surface area contributed by atoms with E-state index >= 15 is 0 Å². The van der Waals surface area contributed by atoms with E-state index in [0.717, 1.165) is 0 Å². The molecule has 0 radical (unpaired) electrons. The molecule has 0 amide bonds. The first-order valence-electron chi connectivity index (χ1n) is 7.81. The van der Waals surface area contributed by atoms with Crippen molar-refractivity contribution in [1.82, 2.24) is 19.5 Å². The molecule has 0 aliphatic heterocycles. The summed E-state index contributed by atoms with van der Waals surface area (Å²) < 4.78 is 23.1. The predicted octanol–water partition coefficient (Wildman–Crippen LogP) is 0.0248. The molecule has 5 N–H and O–H groups in total. The number of rotatable bonds is 7. The SMILES string of the molecule is CCOP(=O)(O)OC[C@@H]1[C@@H](CO)C[C@H]1n1cnc2c(=O)[nH]c(N)nc21. The number of imidazole rings is 1. The molecule has 25 heavy (non-hydrogen) atoms. The number of H-pyrrole nitrogens is 1. The van der Waals surface area contributed by atoms with Crippen molar-refractivity contribution < 1.29 is 23.6 Å². The molecule has 12 heteroatoms. The Morgan fingerprint density at radius 1 is 1.52 bits per heavy atom. The highest BCUT2D eigenvalue weighted by atomic mass is 31.2. The van der Waals surface area contributed by atoms with Crippen LogP contribution in [0.25, 0.3) is 11.2 Å². The fourth-order valence-electron chi connectivity index (χ4n) is 3.12. The van der Waals surface area contributed by atoms with Gasteiger partial charge in [-0.3, -0.25) is 18.8 Å². The Balaban J connectivity index is 1.84. The number of hydrogen-bond donors (Lipinski definition) is 4. The van der Waals surface area contributed by atoms with Crippen LogP contribution in [0.2, 0.25) is 0 Å². The molecule has 2 aromatic heterocycles. The van der Waals surface area contributed by atoms with Crippen LogP contribution in [-0.4, -0.2) is 49.3 Å². The zero-order valence-corrected chi connectivity index (χ0v) is 14.4. The number of nitrogens with one attached hydrogen (secondary N) is 1.